The highest BCUT2D eigenvalue weighted by atomic mass is 15.0. The molecule has 7 rings (SSSR count). The van der Waals surface area contributed by atoms with Crippen LogP contribution in [-0.4, -0.2) is 4.40 Å². The highest BCUT2D eigenvalue weighted by molar-refractivity contribution is 6.28. The van der Waals surface area contributed by atoms with Crippen LogP contribution in [0.5, 0.6) is 0 Å². The molecule has 0 N–H and O–H groups in total. The number of pyridine rings is 2. The van der Waals surface area contributed by atoms with Crippen LogP contribution in [0.4, 0.5) is 0 Å². The molecule has 1 saturated carbocycles. The Bertz CT molecular complexity index is 1780. The van der Waals surface area contributed by atoms with Crippen LogP contribution in [0.2, 0.25) is 0 Å². The quantitative estimate of drug-likeness (QED) is 0.146. The van der Waals surface area contributed by atoms with Gasteiger partial charge >= 0.3 is 0 Å². The average Bonchev–Trinajstić information content (AvgIpc) is 3.44. The van der Waals surface area contributed by atoms with Gasteiger partial charge in [0.05, 0.1) is 27.3 Å². The van der Waals surface area contributed by atoms with Crippen molar-refractivity contribution < 1.29 is 4.57 Å². The fourth-order valence-electron chi connectivity index (χ4n) is 7.23. The average molecular weight is 446 g/mol. The van der Waals surface area contributed by atoms with Crippen LogP contribution in [0.15, 0.2) is 42.6 Å². The van der Waals surface area contributed by atoms with Crippen molar-refractivity contribution >= 4 is 49.0 Å². The first-order valence-electron chi connectivity index (χ1n) is 12.9. The lowest BCUT2D eigenvalue weighted by atomic mass is 9.90. The summed E-state index contributed by atoms with van der Waals surface area (Å²) in [6.07, 6.45) is 9.03. The van der Waals surface area contributed by atoms with Gasteiger partial charge in [-0.3, -0.25) is 0 Å². The molecule has 1 aliphatic rings. The molecule has 3 aromatic carbocycles. The lowest BCUT2D eigenvalue weighted by molar-refractivity contribution is -0.643. The van der Waals surface area contributed by atoms with Gasteiger partial charge in [0.2, 0.25) is 5.52 Å². The molecule has 0 atom stereocenters. The molecule has 2 nitrogen and oxygen atoms in total. The molecular formula is C32H33N2+. The van der Waals surface area contributed by atoms with E-state index in [2.05, 4.69) is 86.3 Å². The number of fused-ring (bicyclic) bond motifs is 6. The third-order valence-electron chi connectivity index (χ3n) is 8.89. The van der Waals surface area contributed by atoms with Crippen LogP contribution in [0.25, 0.3) is 49.0 Å². The van der Waals surface area contributed by atoms with E-state index in [1.165, 1.54) is 103 Å². The third-order valence-corrected chi connectivity index (χ3v) is 8.89. The molecule has 3 heterocycles. The second-order valence-electron chi connectivity index (χ2n) is 11.0. The molecule has 6 aromatic rings. The van der Waals surface area contributed by atoms with Crippen LogP contribution in [0.3, 0.4) is 0 Å². The minimum atomic E-state index is 0.824. The van der Waals surface area contributed by atoms with Gasteiger partial charge in [0, 0.05) is 16.8 Å². The topological polar surface area (TPSA) is 8.29 Å². The molecule has 34 heavy (non-hydrogen) atoms. The van der Waals surface area contributed by atoms with E-state index < -0.39 is 0 Å². The van der Waals surface area contributed by atoms with Crippen molar-refractivity contribution in [2.45, 2.75) is 59.8 Å². The Hall–Kier alpha value is -3.13. The third kappa shape index (κ3) is 2.49. The summed E-state index contributed by atoms with van der Waals surface area (Å²) in [5, 5.41) is 7.14. The number of para-hydroxylation sites is 1. The predicted molar refractivity (Wildman–Crippen MR) is 144 cm³/mol. The van der Waals surface area contributed by atoms with Crippen molar-refractivity contribution in [2.75, 3.05) is 0 Å². The molecule has 0 unspecified atom stereocenters. The molecule has 3 aromatic heterocycles. The number of hydrogen-bond donors (Lipinski definition) is 0. The van der Waals surface area contributed by atoms with Gasteiger partial charge in [-0.25, -0.2) is 4.57 Å². The molecule has 0 radical (unpaired) electrons. The van der Waals surface area contributed by atoms with Crippen molar-refractivity contribution in [3.05, 3.63) is 70.4 Å². The number of aromatic nitrogens is 2. The van der Waals surface area contributed by atoms with E-state index in [-0.39, 0.29) is 0 Å². The van der Waals surface area contributed by atoms with Gasteiger partial charge < -0.3 is 4.40 Å². The minimum absolute atomic E-state index is 0.824. The lowest BCUT2D eigenvalue weighted by Crippen LogP contribution is -2.29. The van der Waals surface area contributed by atoms with E-state index in [0.29, 0.717) is 0 Å². The molecule has 0 spiro atoms. The summed E-state index contributed by atoms with van der Waals surface area (Å²) in [4.78, 5) is 0. The Morgan fingerprint density at radius 1 is 0.824 bits per heavy atom. The molecule has 0 aliphatic heterocycles. The number of rotatable bonds is 2. The summed E-state index contributed by atoms with van der Waals surface area (Å²) in [7, 11) is 2.22. The number of nitrogens with zero attached hydrogens (tertiary/aromatic N) is 2. The molecule has 0 bridgehead atoms. The number of aryl methyl sites for hydroxylation is 5. The summed E-state index contributed by atoms with van der Waals surface area (Å²) in [5.41, 5.74) is 12.6. The zero-order valence-corrected chi connectivity index (χ0v) is 21.0. The monoisotopic (exact) mass is 445 g/mol. The Kier molecular flexibility index (Phi) is 4.14. The van der Waals surface area contributed by atoms with Gasteiger partial charge in [0.15, 0.2) is 6.20 Å². The second-order valence-corrected chi connectivity index (χ2v) is 11.0. The van der Waals surface area contributed by atoms with Gasteiger partial charge in [-0.05, 0) is 79.3 Å². The number of benzene rings is 3. The first kappa shape index (κ1) is 20.3. The largest absolute Gasteiger partial charge is 0.307 e. The highest BCUT2D eigenvalue weighted by Gasteiger charge is 2.28. The maximum Gasteiger partial charge on any atom is 0.224 e. The molecule has 0 amide bonds. The van der Waals surface area contributed by atoms with Gasteiger partial charge in [-0.2, -0.15) is 0 Å². The summed E-state index contributed by atoms with van der Waals surface area (Å²) < 4.78 is 5.00. The van der Waals surface area contributed by atoms with Crippen LogP contribution < -0.4 is 4.57 Å². The predicted octanol–water partition coefficient (Wildman–Crippen LogP) is 7.78. The standard InChI is InChI=1S/C32H33N2/c1-18-9-8-12-25-27-24(16-22-10-6-7-11-22)17-23-13-14-33(5)31-26-21(4)19(2)15-20(3)30(26)34(29(18)25)32(27)28(23)31/h8-9,12-15,17,22H,6-7,10-11,16H2,1-5H3/q+1. The van der Waals surface area contributed by atoms with Crippen LogP contribution >= 0.6 is 0 Å². The Balaban J connectivity index is 1.83. The lowest BCUT2D eigenvalue weighted by Gasteiger charge is -2.18. The van der Waals surface area contributed by atoms with E-state index in [4.69, 9.17) is 0 Å². The molecule has 2 heteroatoms. The van der Waals surface area contributed by atoms with Crippen molar-refractivity contribution in [3.63, 3.8) is 0 Å². The SMILES string of the molecule is Cc1cc(C)c2c(c1C)c1c3c(cc[n+]1C)cc(CC1CCCC1)c1c4cccc(C)c4n2c13. The van der Waals surface area contributed by atoms with Crippen LogP contribution in [-0.2, 0) is 13.5 Å². The zero-order chi connectivity index (χ0) is 23.3. The van der Waals surface area contributed by atoms with Crippen LogP contribution in [0.1, 0.15) is 53.5 Å². The van der Waals surface area contributed by atoms with Crippen molar-refractivity contribution in [1.82, 2.24) is 4.40 Å². The van der Waals surface area contributed by atoms with Gasteiger partial charge in [0.1, 0.15) is 7.05 Å². The summed E-state index contributed by atoms with van der Waals surface area (Å²) in [5.74, 6) is 0.824. The molecule has 1 aliphatic carbocycles. The maximum absolute atomic E-state index is 2.64. The van der Waals surface area contributed by atoms with Gasteiger partial charge in [-0.1, -0.05) is 49.9 Å². The van der Waals surface area contributed by atoms with Crippen molar-refractivity contribution in [3.8, 4) is 0 Å². The van der Waals surface area contributed by atoms with Crippen molar-refractivity contribution in [1.29, 1.82) is 0 Å². The Labute approximate surface area is 201 Å². The van der Waals surface area contributed by atoms with E-state index in [9.17, 15) is 0 Å². The van der Waals surface area contributed by atoms with Gasteiger partial charge in [0.25, 0.3) is 0 Å². The summed E-state index contributed by atoms with van der Waals surface area (Å²) in [6, 6.07) is 14.2. The normalized spacial score (nSPS) is 15.3. The van der Waals surface area contributed by atoms with E-state index >= 15 is 0 Å². The van der Waals surface area contributed by atoms with E-state index in [1.54, 1.807) is 5.56 Å². The Morgan fingerprint density at radius 2 is 1.62 bits per heavy atom. The molecule has 170 valence electrons. The fourth-order valence-corrected chi connectivity index (χ4v) is 7.23. The minimum Gasteiger partial charge on any atom is -0.307 e. The summed E-state index contributed by atoms with van der Waals surface area (Å²) in [6.45, 7) is 9.16. The van der Waals surface area contributed by atoms with E-state index in [0.717, 1.165) is 5.92 Å². The zero-order valence-electron chi connectivity index (χ0n) is 21.0. The first-order valence-corrected chi connectivity index (χ1v) is 12.9. The first-order chi connectivity index (χ1) is 16.5. The van der Waals surface area contributed by atoms with Crippen molar-refractivity contribution in [2.24, 2.45) is 13.0 Å². The Morgan fingerprint density at radius 3 is 2.41 bits per heavy atom. The van der Waals surface area contributed by atoms with E-state index in [1.807, 2.05) is 0 Å². The molecular weight excluding hydrogens is 412 g/mol. The summed E-state index contributed by atoms with van der Waals surface area (Å²) >= 11 is 0. The van der Waals surface area contributed by atoms with Gasteiger partial charge in [-0.15, -0.1) is 0 Å². The number of hydrogen-bond acceptors (Lipinski definition) is 0. The molecule has 1 fully saturated rings. The smallest absolute Gasteiger partial charge is 0.224 e. The molecule has 0 saturated heterocycles. The maximum atomic E-state index is 2.64. The fraction of sp³-hybridized carbons (Fsp3) is 0.344. The van der Waals surface area contributed by atoms with Crippen LogP contribution in [0, 0.1) is 33.6 Å². The highest BCUT2D eigenvalue weighted by Crippen LogP contribution is 2.45. The second kappa shape index (κ2) is 6.95.